The molecule has 3 N–H and O–H groups in total. The number of H-pyrrole nitrogens is 1. The molecule has 0 unspecified atom stereocenters. The lowest BCUT2D eigenvalue weighted by molar-refractivity contribution is -0.150. The van der Waals surface area contributed by atoms with E-state index in [9.17, 15) is 27.2 Å². The van der Waals surface area contributed by atoms with Crippen molar-refractivity contribution in [1.29, 1.82) is 0 Å². The SMILES string of the molecule is CNC(=O)c1c(-c2ccc(F)cc2)[nH]c2cc(N(CC(=O)NC3(C(=O)OC)CCCC3)S(C)(=O)=O)c(C3CC3)cc12. The van der Waals surface area contributed by atoms with Gasteiger partial charge in [-0.1, -0.05) is 12.8 Å². The number of aromatic amines is 1. The van der Waals surface area contributed by atoms with Crippen molar-refractivity contribution in [3.8, 4) is 11.3 Å². The molecule has 12 heteroatoms. The molecule has 5 rings (SSSR count). The second kappa shape index (κ2) is 10.8. The molecule has 1 aromatic heterocycles. The third-order valence-electron chi connectivity index (χ3n) is 7.92. The Morgan fingerprint density at radius 2 is 1.78 bits per heavy atom. The second-order valence-corrected chi connectivity index (χ2v) is 12.7. The molecule has 0 bridgehead atoms. The van der Waals surface area contributed by atoms with E-state index >= 15 is 0 Å². The number of ether oxygens (including phenoxy) is 1. The van der Waals surface area contributed by atoms with Crippen LogP contribution in [0.3, 0.4) is 0 Å². The van der Waals surface area contributed by atoms with Crippen molar-refractivity contribution < 1.29 is 31.9 Å². The third kappa shape index (κ3) is 5.52. The summed E-state index contributed by atoms with van der Waals surface area (Å²) in [4.78, 5) is 42.1. The van der Waals surface area contributed by atoms with Crippen molar-refractivity contribution in [1.82, 2.24) is 15.6 Å². The minimum atomic E-state index is -3.95. The van der Waals surface area contributed by atoms with E-state index in [1.54, 1.807) is 24.3 Å². The van der Waals surface area contributed by atoms with Crippen LogP contribution in [0, 0.1) is 5.82 Å². The van der Waals surface area contributed by atoms with Gasteiger partial charge in [0.15, 0.2) is 0 Å². The van der Waals surface area contributed by atoms with Gasteiger partial charge in [-0.15, -0.1) is 0 Å². The average Bonchev–Trinajstić information content (AvgIpc) is 3.56. The van der Waals surface area contributed by atoms with Crippen LogP contribution in [0.15, 0.2) is 36.4 Å². The Morgan fingerprint density at radius 3 is 2.34 bits per heavy atom. The van der Waals surface area contributed by atoms with Crippen molar-refractivity contribution >= 4 is 44.4 Å². The Hall–Kier alpha value is -3.93. The van der Waals surface area contributed by atoms with E-state index in [0.717, 1.165) is 36.2 Å². The lowest BCUT2D eigenvalue weighted by atomic mass is 9.97. The summed E-state index contributed by atoms with van der Waals surface area (Å²) in [6, 6.07) is 9.16. The van der Waals surface area contributed by atoms with Crippen molar-refractivity contribution in [3.05, 3.63) is 53.3 Å². The molecule has 0 radical (unpaired) electrons. The number of fused-ring (bicyclic) bond motifs is 1. The highest BCUT2D eigenvalue weighted by molar-refractivity contribution is 7.92. The van der Waals surface area contributed by atoms with Gasteiger partial charge in [0.25, 0.3) is 5.91 Å². The minimum Gasteiger partial charge on any atom is -0.467 e. The van der Waals surface area contributed by atoms with Gasteiger partial charge in [-0.25, -0.2) is 17.6 Å². The Kier molecular flexibility index (Phi) is 7.54. The van der Waals surface area contributed by atoms with Crippen LogP contribution in [-0.4, -0.2) is 63.7 Å². The van der Waals surface area contributed by atoms with Gasteiger partial charge in [0.2, 0.25) is 15.9 Å². The number of benzene rings is 2. The number of nitrogens with one attached hydrogen (secondary N) is 3. The van der Waals surface area contributed by atoms with Gasteiger partial charge in [0.1, 0.15) is 17.9 Å². The Balaban J connectivity index is 1.60. The maximum Gasteiger partial charge on any atom is 0.331 e. The fourth-order valence-electron chi connectivity index (χ4n) is 5.75. The number of methoxy groups -OCH3 is 1. The van der Waals surface area contributed by atoms with Crippen LogP contribution in [0.5, 0.6) is 0 Å². The fourth-order valence-corrected chi connectivity index (χ4v) is 6.62. The van der Waals surface area contributed by atoms with Crippen molar-refractivity contribution in [2.75, 3.05) is 31.3 Å². The molecule has 218 valence electrons. The largest absolute Gasteiger partial charge is 0.467 e. The van der Waals surface area contributed by atoms with Crippen molar-refractivity contribution in [3.63, 3.8) is 0 Å². The first-order valence-corrected chi connectivity index (χ1v) is 15.4. The van der Waals surface area contributed by atoms with Crippen molar-refractivity contribution in [2.24, 2.45) is 0 Å². The van der Waals surface area contributed by atoms with E-state index in [0.29, 0.717) is 51.8 Å². The van der Waals surface area contributed by atoms with E-state index in [-0.39, 0.29) is 11.8 Å². The lowest BCUT2D eigenvalue weighted by Crippen LogP contribution is -2.55. The van der Waals surface area contributed by atoms with Crippen LogP contribution in [0.1, 0.15) is 60.4 Å². The predicted molar refractivity (Wildman–Crippen MR) is 153 cm³/mol. The van der Waals surface area contributed by atoms with Gasteiger partial charge >= 0.3 is 5.97 Å². The van der Waals surface area contributed by atoms with Crippen LogP contribution in [-0.2, 0) is 24.3 Å². The molecule has 2 aromatic carbocycles. The van der Waals surface area contributed by atoms with Gasteiger partial charge in [0, 0.05) is 18.0 Å². The van der Waals surface area contributed by atoms with Gasteiger partial charge in [0.05, 0.1) is 30.3 Å². The van der Waals surface area contributed by atoms with Gasteiger partial charge in [-0.2, -0.15) is 0 Å². The highest BCUT2D eigenvalue weighted by Gasteiger charge is 2.44. The molecular formula is C29H33FN4O6S. The smallest absolute Gasteiger partial charge is 0.331 e. The average molecular weight is 585 g/mol. The number of halogens is 1. The highest BCUT2D eigenvalue weighted by Crippen LogP contribution is 2.47. The van der Waals surface area contributed by atoms with E-state index in [1.807, 2.05) is 0 Å². The van der Waals surface area contributed by atoms with Crippen LogP contribution in [0.4, 0.5) is 10.1 Å². The first-order valence-electron chi connectivity index (χ1n) is 13.5. The summed E-state index contributed by atoms with van der Waals surface area (Å²) in [5.41, 5.74) is 1.73. The zero-order valence-corrected chi connectivity index (χ0v) is 24.0. The highest BCUT2D eigenvalue weighted by atomic mass is 32.2. The van der Waals surface area contributed by atoms with Gasteiger partial charge < -0.3 is 20.4 Å². The minimum absolute atomic E-state index is 0.0552. The molecule has 2 aliphatic carbocycles. The van der Waals surface area contributed by atoms with E-state index in [1.165, 1.54) is 26.3 Å². The summed E-state index contributed by atoms with van der Waals surface area (Å²) >= 11 is 0. The number of rotatable bonds is 9. The number of hydrogen-bond donors (Lipinski definition) is 3. The summed E-state index contributed by atoms with van der Waals surface area (Å²) in [6.45, 7) is -0.531. The fraction of sp³-hybridized carbons (Fsp3) is 0.414. The molecule has 41 heavy (non-hydrogen) atoms. The number of aromatic nitrogens is 1. The number of hydrogen-bond acceptors (Lipinski definition) is 6. The van der Waals surface area contributed by atoms with Crippen LogP contribution in [0.2, 0.25) is 0 Å². The van der Waals surface area contributed by atoms with Crippen LogP contribution < -0.4 is 14.9 Å². The lowest BCUT2D eigenvalue weighted by Gasteiger charge is -2.30. The normalized spacial score (nSPS) is 16.4. The third-order valence-corrected chi connectivity index (χ3v) is 9.04. The zero-order valence-electron chi connectivity index (χ0n) is 23.2. The van der Waals surface area contributed by atoms with Gasteiger partial charge in [-0.3, -0.25) is 13.9 Å². The summed E-state index contributed by atoms with van der Waals surface area (Å²) < 4.78 is 45.9. The molecule has 0 atom stereocenters. The molecule has 10 nitrogen and oxygen atoms in total. The summed E-state index contributed by atoms with van der Waals surface area (Å²) in [5, 5.41) is 6.01. The summed E-state index contributed by atoms with van der Waals surface area (Å²) in [6.07, 6.45) is 5.01. The first kappa shape index (κ1) is 28.6. The quantitative estimate of drug-likeness (QED) is 0.329. The monoisotopic (exact) mass is 584 g/mol. The number of nitrogens with zero attached hydrogens (tertiary/aromatic N) is 1. The molecule has 0 saturated heterocycles. The van der Waals surface area contributed by atoms with E-state index in [2.05, 4.69) is 15.6 Å². The second-order valence-electron chi connectivity index (χ2n) is 10.8. The Labute approximate surface area is 237 Å². The predicted octanol–water partition coefficient (Wildman–Crippen LogP) is 3.58. The van der Waals surface area contributed by atoms with Crippen LogP contribution >= 0.6 is 0 Å². The van der Waals surface area contributed by atoms with Gasteiger partial charge in [-0.05, 0) is 79.1 Å². The number of esters is 1. The number of sulfonamides is 1. The summed E-state index contributed by atoms with van der Waals surface area (Å²) in [5.74, 6) is -1.88. The molecular weight excluding hydrogens is 551 g/mol. The zero-order chi connectivity index (χ0) is 29.5. The van der Waals surface area contributed by atoms with Crippen molar-refractivity contribution in [2.45, 2.75) is 50.0 Å². The molecule has 2 saturated carbocycles. The topological polar surface area (TPSA) is 138 Å². The maximum absolute atomic E-state index is 13.6. The van der Waals surface area contributed by atoms with Crippen LogP contribution in [0.25, 0.3) is 22.2 Å². The van der Waals surface area contributed by atoms with E-state index in [4.69, 9.17) is 4.74 Å². The molecule has 1 heterocycles. The Bertz CT molecular complexity index is 1620. The molecule has 0 aliphatic heterocycles. The summed E-state index contributed by atoms with van der Waals surface area (Å²) in [7, 11) is -1.17. The molecule has 2 aliphatic rings. The molecule has 0 spiro atoms. The number of carbonyl (C=O) groups is 3. The Morgan fingerprint density at radius 1 is 1.12 bits per heavy atom. The number of carbonyl (C=O) groups excluding carboxylic acids is 3. The first-order chi connectivity index (χ1) is 19.5. The molecule has 2 fully saturated rings. The molecule has 3 aromatic rings. The maximum atomic E-state index is 13.6. The number of anilines is 1. The number of amides is 2. The van der Waals surface area contributed by atoms with E-state index < -0.39 is 39.8 Å². The standard InChI is InChI=1S/C29H33FN4O6S/c1-31-27(36)25-21-14-20(17-6-7-17)23(15-22(21)32-26(25)18-8-10-19(30)11-9-18)34(41(3,38)39)16-24(35)33-29(28(37)40-2)12-4-5-13-29/h8-11,14-15,17,32H,4-7,12-13,16H2,1-3H3,(H,31,36)(H,33,35). The molecule has 2 amide bonds.